The van der Waals surface area contributed by atoms with Crippen LogP contribution >= 0.6 is 11.6 Å². The van der Waals surface area contributed by atoms with Crippen molar-refractivity contribution in [1.82, 2.24) is 24.9 Å². The van der Waals surface area contributed by atoms with Gasteiger partial charge in [0, 0.05) is 25.8 Å². The lowest BCUT2D eigenvalue weighted by atomic mass is 9.87. The fourth-order valence-electron chi connectivity index (χ4n) is 4.06. The Labute approximate surface area is 173 Å². The first-order chi connectivity index (χ1) is 13.7. The van der Waals surface area contributed by atoms with Crippen molar-refractivity contribution >= 4 is 29.4 Å². The Balaban J connectivity index is 1.55. The Morgan fingerprint density at radius 2 is 1.86 bits per heavy atom. The van der Waals surface area contributed by atoms with Crippen LogP contribution in [0.1, 0.15) is 34.6 Å². The lowest BCUT2D eigenvalue weighted by Crippen LogP contribution is -2.55. The summed E-state index contributed by atoms with van der Waals surface area (Å²) in [6.07, 6.45) is 0.755. The van der Waals surface area contributed by atoms with Gasteiger partial charge in [0.25, 0.3) is 11.8 Å². The lowest BCUT2D eigenvalue weighted by Gasteiger charge is -2.37. The summed E-state index contributed by atoms with van der Waals surface area (Å²) in [6, 6.07) is 6.83. The Hall–Kier alpha value is -2.87. The van der Waals surface area contributed by atoms with Gasteiger partial charge >= 0.3 is 6.03 Å². The van der Waals surface area contributed by atoms with E-state index in [1.165, 1.54) is 7.05 Å². The minimum atomic E-state index is -0.905. The zero-order chi connectivity index (χ0) is 20.9. The SMILES string of the molecule is Cc1cc(C)n(-c2ccc(Cl)c(C(=O)N3CCC4(CC3)NC(=O)N(C)C4=O)c2)n1. The van der Waals surface area contributed by atoms with Crippen molar-refractivity contribution in [1.29, 1.82) is 0 Å². The first-order valence-corrected chi connectivity index (χ1v) is 9.82. The molecule has 2 saturated heterocycles. The number of amides is 4. The van der Waals surface area contributed by atoms with Crippen molar-refractivity contribution in [3.05, 3.63) is 46.2 Å². The molecule has 1 N–H and O–H groups in total. The first-order valence-electron chi connectivity index (χ1n) is 9.45. The Morgan fingerprint density at radius 3 is 2.41 bits per heavy atom. The Morgan fingerprint density at radius 1 is 1.17 bits per heavy atom. The van der Waals surface area contributed by atoms with Crippen LogP contribution < -0.4 is 5.32 Å². The van der Waals surface area contributed by atoms with Crippen LogP contribution in [0, 0.1) is 13.8 Å². The third-order valence-electron chi connectivity index (χ3n) is 5.70. The molecule has 9 heteroatoms. The average molecular weight is 416 g/mol. The molecule has 2 fully saturated rings. The molecule has 1 aromatic heterocycles. The van der Waals surface area contributed by atoms with E-state index in [0.717, 1.165) is 22.0 Å². The third kappa shape index (κ3) is 3.17. The van der Waals surface area contributed by atoms with Gasteiger partial charge < -0.3 is 10.2 Å². The number of carbonyl (C=O) groups excluding carboxylic acids is 3. The highest BCUT2D eigenvalue weighted by Gasteiger charge is 2.51. The normalized spacial score (nSPS) is 18.5. The van der Waals surface area contributed by atoms with Gasteiger partial charge in [-0.25, -0.2) is 9.48 Å². The van der Waals surface area contributed by atoms with Crippen LogP contribution in [0.15, 0.2) is 24.3 Å². The summed E-state index contributed by atoms with van der Waals surface area (Å²) < 4.78 is 1.77. The van der Waals surface area contributed by atoms with Crippen molar-refractivity contribution in [3.8, 4) is 5.69 Å². The predicted octanol–water partition coefficient (Wildman–Crippen LogP) is 2.30. The number of urea groups is 1. The van der Waals surface area contributed by atoms with Crippen molar-refractivity contribution in [2.45, 2.75) is 32.2 Å². The molecule has 152 valence electrons. The molecule has 2 aromatic rings. The van der Waals surface area contributed by atoms with Gasteiger partial charge in [0.1, 0.15) is 5.54 Å². The standard InChI is InChI=1S/C20H22ClN5O3/c1-12-10-13(2)26(23-12)14-4-5-16(21)15(11-14)17(27)25-8-6-20(7-9-25)18(28)24(3)19(29)22-20/h4-5,10-11H,6-9H2,1-3H3,(H,22,29). The number of halogens is 1. The second-order valence-corrected chi connectivity index (χ2v) is 8.08. The lowest BCUT2D eigenvalue weighted by molar-refractivity contribution is -0.131. The molecule has 8 nitrogen and oxygen atoms in total. The summed E-state index contributed by atoms with van der Waals surface area (Å²) in [5.41, 5.74) is 2.10. The van der Waals surface area contributed by atoms with Gasteiger partial charge in [-0.15, -0.1) is 0 Å². The molecule has 0 atom stereocenters. The van der Waals surface area contributed by atoms with Crippen molar-refractivity contribution in [3.63, 3.8) is 0 Å². The number of piperidine rings is 1. The third-order valence-corrected chi connectivity index (χ3v) is 6.03. The fraction of sp³-hybridized carbons (Fsp3) is 0.400. The largest absolute Gasteiger partial charge is 0.338 e. The van der Waals surface area contributed by atoms with Gasteiger partial charge in [-0.3, -0.25) is 14.5 Å². The molecule has 4 amide bonds. The van der Waals surface area contributed by atoms with E-state index in [4.69, 9.17) is 11.6 Å². The number of benzene rings is 1. The van der Waals surface area contributed by atoms with Crippen molar-refractivity contribution < 1.29 is 14.4 Å². The number of likely N-dealkylation sites (tertiary alicyclic amines) is 1. The highest BCUT2D eigenvalue weighted by Crippen LogP contribution is 2.30. The summed E-state index contributed by atoms with van der Waals surface area (Å²) in [6.45, 7) is 4.58. The van der Waals surface area contributed by atoms with E-state index in [0.29, 0.717) is 36.5 Å². The average Bonchev–Trinajstić information content (AvgIpc) is 3.14. The molecule has 2 aliphatic heterocycles. The monoisotopic (exact) mass is 415 g/mol. The van der Waals surface area contributed by atoms with Crippen LogP contribution in [-0.2, 0) is 4.79 Å². The maximum absolute atomic E-state index is 13.1. The molecule has 2 aliphatic rings. The first kappa shape index (κ1) is 19.4. The maximum atomic E-state index is 13.1. The minimum absolute atomic E-state index is 0.196. The summed E-state index contributed by atoms with van der Waals surface area (Å²) in [5, 5.41) is 7.61. The van der Waals surface area contributed by atoms with Crippen LogP contribution in [0.2, 0.25) is 5.02 Å². The molecule has 3 heterocycles. The zero-order valence-electron chi connectivity index (χ0n) is 16.5. The number of aromatic nitrogens is 2. The molecular weight excluding hydrogens is 394 g/mol. The van der Waals surface area contributed by atoms with Gasteiger partial charge in [0.05, 0.1) is 22.0 Å². The van der Waals surface area contributed by atoms with E-state index in [1.54, 1.807) is 21.7 Å². The number of aryl methyl sites for hydroxylation is 2. The van der Waals surface area contributed by atoms with Gasteiger partial charge in [-0.1, -0.05) is 11.6 Å². The highest BCUT2D eigenvalue weighted by molar-refractivity contribution is 6.33. The summed E-state index contributed by atoms with van der Waals surface area (Å²) >= 11 is 6.33. The van der Waals surface area contributed by atoms with Crippen molar-refractivity contribution in [2.24, 2.45) is 0 Å². The minimum Gasteiger partial charge on any atom is -0.338 e. The Kier molecular flexibility index (Phi) is 4.61. The van der Waals surface area contributed by atoms with Crippen LogP contribution in [0.5, 0.6) is 0 Å². The van der Waals surface area contributed by atoms with E-state index >= 15 is 0 Å². The number of imide groups is 1. The molecule has 0 unspecified atom stereocenters. The second-order valence-electron chi connectivity index (χ2n) is 7.67. The maximum Gasteiger partial charge on any atom is 0.324 e. The molecule has 0 saturated carbocycles. The number of hydrogen-bond donors (Lipinski definition) is 1. The number of likely N-dealkylation sites (N-methyl/N-ethyl adjacent to an activating group) is 1. The van der Waals surface area contributed by atoms with Gasteiger partial charge in [0.15, 0.2) is 0 Å². The quantitative estimate of drug-likeness (QED) is 0.762. The smallest absolute Gasteiger partial charge is 0.324 e. The van der Waals surface area contributed by atoms with Crippen molar-refractivity contribution in [2.75, 3.05) is 20.1 Å². The molecular formula is C20H22ClN5O3. The highest BCUT2D eigenvalue weighted by atomic mass is 35.5. The molecule has 0 aliphatic carbocycles. The van der Waals surface area contributed by atoms with E-state index in [9.17, 15) is 14.4 Å². The molecule has 4 rings (SSSR count). The van der Waals surface area contributed by atoms with Crippen LogP contribution in [0.3, 0.4) is 0 Å². The predicted molar refractivity (Wildman–Crippen MR) is 107 cm³/mol. The van der Waals surface area contributed by atoms with Gasteiger partial charge in [-0.2, -0.15) is 5.10 Å². The van der Waals surface area contributed by atoms with E-state index < -0.39 is 11.6 Å². The number of carbonyl (C=O) groups is 3. The summed E-state index contributed by atoms with van der Waals surface area (Å²) in [7, 11) is 1.47. The summed E-state index contributed by atoms with van der Waals surface area (Å²) in [5.74, 6) is -0.433. The molecule has 0 radical (unpaired) electrons. The molecule has 29 heavy (non-hydrogen) atoms. The molecule has 1 spiro atoms. The van der Waals surface area contributed by atoms with Crippen LogP contribution in [0.25, 0.3) is 5.69 Å². The number of nitrogens with zero attached hydrogens (tertiary/aromatic N) is 4. The number of hydrogen-bond acceptors (Lipinski definition) is 4. The Bertz CT molecular complexity index is 1020. The van der Waals surface area contributed by atoms with E-state index in [-0.39, 0.29) is 11.8 Å². The zero-order valence-corrected chi connectivity index (χ0v) is 17.3. The topological polar surface area (TPSA) is 87.5 Å². The number of nitrogens with one attached hydrogen (secondary N) is 1. The van der Waals surface area contributed by atoms with E-state index in [2.05, 4.69) is 10.4 Å². The number of rotatable bonds is 2. The fourth-order valence-corrected chi connectivity index (χ4v) is 4.25. The van der Waals surface area contributed by atoms with Crippen LogP contribution in [-0.4, -0.2) is 63.1 Å². The molecule has 1 aromatic carbocycles. The van der Waals surface area contributed by atoms with E-state index in [1.807, 2.05) is 26.0 Å². The second kappa shape index (κ2) is 6.88. The van der Waals surface area contributed by atoms with Gasteiger partial charge in [-0.05, 0) is 51.0 Å². The molecule has 0 bridgehead atoms. The van der Waals surface area contributed by atoms with Crippen LogP contribution in [0.4, 0.5) is 4.79 Å². The van der Waals surface area contributed by atoms with Gasteiger partial charge in [0.2, 0.25) is 0 Å². The summed E-state index contributed by atoms with van der Waals surface area (Å²) in [4.78, 5) is 40.2.